The summed E-state index contributed by atoms with van der Waals surface area (Å²) in [5.74, 6) is 0.326. The van der Waals surface area contributed by atoms with E-state index in [-0.39, 0.29) is 5.91 Å². The molecule has 25 heavy (non-hydrogen) atoms. The van der Waals surface area contributed by atoms with E-state index in [9.17, 15) is 4.79 Å². The highest BCUT2D eigenvalue weighted by molar-refractivity contribution is 6.31. The molecule has 0 atom stereocenters. The van der Waals surface area contributed by atoms with E-state index in [0.717, 1.165) is 5.56 Å². The number of hydrogen-bond acceptors (Lipinski definition) is 3. The zero-order valence-electron chi connectivity index (χ0n) is 13.8. The van der Waals surface area contributed by atoms with Crippen LogP contribution in [0.1, 0.15) is 22.8 Å². The molecule has 0 aliphatic carbocycles. The lowest BCUT2D eigenvalue weighted by Crippen LogP contribution is -2.13. The fraction of sp³-hybridized carbons (Fsp3) is 0.158. The van der Waals surface area contributed by atoms with E-state index in [1.165, 1.54) is 0 Å². The van der Waals surface area contributed by atoms with Crippen LogP contribution in [0.5, 0.6) is 5.75 Å². The molecular weight excluding hydrogens is 338 g/mol. The topological polar surface area (TPSA) is 56.1 Å². The number of halogens is 1. The van der Waals surface area contributed by atoms with Gasteiger partial charge in [0, 0.05) is 11.2 Å². The minimum absolute atomic E-state index is 0.235. The van der Waals surface area contributed by atoms with E-state index >= 15 is 0 Å². The molecule has 1 N–H and O–H groups in total. The van der Waals surface area contributed by atoms with Crippen LogP contribution in [0.3, 0.4) is 0 Å². The maximum absolute atomic E-state index is 12.5. The van der Waals surface area contributed by atoms with E-state index < -0.39 is 0 Å². The van der Waals surface area contributed by atoms with Crippen LogP contribution in [0.25, 0.3) is 0 Å². The normalized spacial score (nSPS) is 10.5. The van der Waals surface area contributed by atoms with Crippen LogP contribution in [-0.2, 0) is 6.54 Å². The predicted molar refractivity (Wildman–Crippen MR) is 98.3 cm³/mol. The average Bonchev–Trinajstić information content (AvgIpc) is 3.05. The fourth-order valence-corrected chi connectivity index (χ4v) is 2.65. The lowest BCUT2D eigenvalue weighted by atomic mass is 10.2. The van der Waals surface area contributed by atoms with Crippen LogP contribution in [0.15, 0.2) is 60.9 Å². The molecule has 1 aromatic heterocycles. The molecule has 0 aliphatic rings. The lowest BCUT2D eigenvalue weighted by molar-refractivity contribution is 0.102. The van der Waals surface area contributed by atoms with E-state index in [2.05, 4.69) is 10.4 Å². The Bertz CT molecular complexity index is 876. The molecule has 0 unspecified atom stereocenters. The van der Waals surface area contributed by atoms with Crippen LogP contribution >= 0.6 is 11.6 Å². The summed E-state index contributed by atoms with van der Waals surface area (Å²) in [6.45, 7) is 2.92. The highest BCUT2D eigenvalue weighted by Crippen LogP contribution is 2.20. The number of hydrogen-bond donors (Lipinski definition) is 1. The molecule has 3 aromatic rings. The number of nitrogens with one attached hydrogen (secondary N) is 1. The fourth-order valence-electron chi connectivity index (χ4n) is 2.45. The SMILES string of the molecule is CCOc1ccccc1C(=O)Nc1cnn(Cc2ccccc2Cl)c1. The number of rotatable bonds is 6. The highest BCUT2D eigenvalue weighted by Gasteiger charge is 2.13. The van der Waals surface area contributed by atoms with E-state index in [1.54, 1.807) is 35.3 Å². The summed E-state index contributed by atoms with van der Waals surface area (Å²) in [4.78, 5) is 12.5. The Morgan fingerprint density at radius 3 is 2.76 bits per heavy atom. The van der Waals surface area contributed by atoms with Gasteiger partial charge in [0.15, 0.2) is 0 Å². The summed E-state index contributed by atoms with van der Waals surface area (Å²) >= 11 is 6.17. The molecule has 128 valence electrons. The molecule has 0 radical (unpaired) electrons. The van der Waals surface area contributed by atoms with Crippen molar-refractivity contribution in [1.29, 1.82) is 0 Å². The van der Waals surface area contributed by atoms with Crippen LogP contribution in [-0.4, -0.2) is 22.3 Å². The second kappa shape index (κ2) is 7.85. The third-order valence-electron chi connectivity index (χ3n) is 3.61. The summed E-state index contributed by atoms with van der Waals surface area (Å²) < 4.78 is 7.22. The van der Waals surface area contributed by atoms with Gasteiger partial charge in [0.1, 0.15) is 5.75 Å². The van der Waals surface area contributed by atoms with Crippen molar-refractivity contribution < 1.29 is 9.53 Å². The van der Waals surface area contributed by atoms with Gasteiger partial charge in [-0.2, -0.15) is 5.10 Å². The number of benzene rings is 2. The van der Waals surface area contributed by atoms with Crippen molar-refractivity contribution in [3.8, 4) is 5.75 Å². The minimum Gasteiger partial charge on any atom is -0.493 e. The van der Waals surface area contributed by atoms with Gasteiger partial charge >= 0.3 is 0 Å². The molecule has 0 bridgehead atoms. The van der Waals surface area contributed by atoms with Crippen molar-refractivity contribution in [2.75, 3.05) is 11.9 Å². The van der Waals surface area contributed by atoms with Crippen LogP contribution in [0, 0.1) is 0 Å². The third kappa shape index (κ3) is 4.19. The Labute approximate surface area is 151 Å². The minimum atomic E-state index is -0.235. The molecule has 0 saturated heterocycles. The second-order valence-electron chi connectivity index (χ2n) is 5.40. The van der Waals surface area contributed by atoms with Crippen LogP contribution in [0.2, 0.25) is 5.02 Å². The second-order valence-corrected chi connectivity index (χ2v) is 5.81. The number of nitrogens with zero attached hydrogens (tertiary/aromatic N) is 2. The Hall–Kier alpha value is -2.79. The maximum atomic E-state index is 12.5. The van der Waals surface area contributed by atoms with Gasteiger partial charge in [-0.1, -0.05) is 41.9 Å². The van der Waals surface area contributed by atoms with Crippen molar-refractivity contribution in [2.24, 2.45) is 0 Å². The number of amides is 1. The zero-order chi connectivity index (χ0) is 17.6. The standard InChI is InChI=1S/C19H18ClN3O2/c1-2-25-18-10-6-4-8-16(18)19(24)22-15-11-21-23(13-15)12-14-7-3-5-9-17(14)20/h3-11,13H,2,12H2,1H3,(H,22,24). The molecule has 0 fully saturated rings. The van der Waals surface area contributed by atoms with E-state index in [0.29, 0.717) is 35.2 Å². The molecule has 0 spiro atoms. The summed E-state index contributed by atoms with van der Waals surface area (Å²) in [5, 5.41) is 7.80. The summed E-state index contributed by atoms with van der Waals surface area (Å²) in [6.07, 6.45) is 3.38. The van der Waals surface area contributed by atoms with Crippen molar-refractivity contribution in [3.63, 3.8) is 0 Å². The van der Waals surface area contributed by atoms with Crippen molar-refractivity contribution >= 4 is 23.2 Å². The monoisotopic (exact) mass is 355 g/mol. The number of carbonyl (C=O) groups is 1. The first-order valence-electron chi connectivity index (χ1n) is 7.96. The summed E-state index contributed by atoms with van der Waals surface area (Å²) in [6, 6.07) is 14.7. The molecule has 0 aliphatic heterocycles. The first-order chi connectivity index (χ1) is 12.2. The average molecular weight is 356 g/mol. The molecule has 1 heterocycles. The molecule has 1 amide bonds. The smallest absolute Gasteiger partial charge is 0.259 e. The molecule has 3 rings (SSSR count). The van der Waals surface area contributed by atoms with Gasteiger partial charge in [-0.15, -0.1) is 0 Å². The Balaban J connectivity index is 1.71. The van der Waals surface area contributed by atoms with Gasteiger partial charge in [-0.05, 0) is 30.7 Å². The Kier molecular flexibility index (Phi) is 5.36. The van der Waals surface area contributed by atoms with Crippen molar-refractivity contribution in [1.82, 2.24) is 9.78 Å². The number of ether oxygens (including phenoxy) is 1. The number of para-hydroxylation sites is 1. The Morgan fingerprint density at radius 1 is 1.20 bits per heavy atom. The van der Waals surface area contributed by atoms with Crippen LogP contribution in [0.4, 0.5) is 5.69 Å². The van der Waals surface area contributed by atoms with Crippen molar-refractivity contribution in [2.45, 2.75) is 13.5 Å². The number of aromatic nitrogens is 2. The van der Waals surface area contributed by atoms with Gasteiger partial charge in [0.05, 0.1) is 30.6 Å². The van der Waals surface area contributed by atoms with E-state index in [4.69, 9.17) is 16.3 Å². The van der Waals surface area contributed by atoms with E-state index in [1.807, 2.05) is 37.3 Å². The van der Waals surface area contributed by atoms with Gasteiger partial charge in [-0.3, -0.25) is 9.48 Å². The number of anilines is 1. The van der Waals surface area contributed by atoms with Gasteiger partial charge < -0.3 is 10.1 Å². The number of carbonyl (C=O) groups excluding carboxylic acids is 1. The third-order valence-corrected chi connectivity index (χ3v) is 3.98. The largest absolute Gasteiger partial charge is 0.493 e. The van der Waals surface area contributed by atoms with Gasteiger partial charge in [0.25, 0.3) is 5.91 Å². The van der Waals surface area contributed by atoms with Crippen molar-refractivity contribution in [3.05, 3.63) is 77.1 Å². The highest BCUT2D eigenvalue weighted by atomic mass is 35.5. The summed E-state index contributed by atoms with van der Waals surface area (Å²) in [5.41, 5.74) is 2.07. The quantitative estimate of drug-likeness (QED) is 0.719. The Morgan fingerprint density at radius 2 is 1.96 bits per heavy atom. The van der Waals surface area contributed by atoms with Gasteiger partial charge in [-0.25, -0.2) is 0 Å². The molecule has 0 saturated carbocycles. The van der Waals surface area contributed by atoms with Gasteiger partial charge in [0.2, 0.25) is 0 Å². The first kappa shape index (κ1) is 17.0. The lowest BCUT2D eigenvalue weighted by Gasteiger charge is -2.09. The summed E-state index contributed by atoms with van der Waals surface area (Å²) in [7, 11) is 0. The molecule has 5 nitrogen and oxygen atoms in total. The zero-order valence-corrected chi connectivity index (χ0v) is 14.5. The maximum Gasteiger partial charge on any atom is 0.259 e. The first-order valence-corrected chi connectivity index (χ1v) is 8.34. The molecular formula is C19H18ClN3O2. The molecule has 2 aromatic carbocycles. The molecule has 6 heteroatoms. The predicted octanol–water partition coefficient (Wildman–Crippen LogP) is 4.24. The van der Waals surface area contributed by atoms with Crippen LogP contribution < -0.4 is 10.1 Å².